The number of allylic oxidation sites excluding steroid dienone is 4. The van der Waals surface area contributed by atoms with Gasteiger partial charge in [-0.25, -0.2) is 25.3 Å². The standard InChI is InChI=1S/C6H7.3CHF3O3S.5H3N.Os/c1-2-4-6-5-3-1;3*2-1(3,4)8(5,6)7;;;;;;/h1-5H,6H2;3*(H,5,6,7);5*1H3;/p-3. The molecule has 0 unspecified atom stereocenters. The van der Waals surface area contributed by atoms with Gasteiger partial charge in [-0.2, -0.15) is 39.5 Å². The first-order valence-corrected chi connectivity index (χ1v) is 10.2. The molecule has 27 heteroatoms. The number of halogens is 9. The molecule has 0 aromatic carbocycles. The zero-order valence-electron chi connectivity index (χ0n) is 17.3. The maximum absolute atomic E-state index is 10.7. The molecule has 0 saturated heterocycles. The average molecular weight is 802 g/mol. The monoisotopic (exact) mass is 803 g/mol. The molecule has 0 aromatic heterocycles. The first-order chi connectivity index (χ1) is 12.8. The molecule has 0 amide bonds. The van der Waals surface area contributed by atoms with Gasteiger partial charge in [0.1, 0.15) is 0 Å². The third-order valence-corrected chi connectivity index (χ3v) is 3.32. The molecule has 0 atom stereocenters. The fraction of sp³-hybridized carbons (Fsp3) is 0.444. The van der Waals surface area contributed by atoms with Crippen LogP contribution in [0.15, 0.2) is 24.3 Å². The van der Waals surface area contributed by atoms with Crippen molar-refractivity contribution in [3.63, 3.8) is 0 Å². The van der Waals surface area contributed by atoms with E-state index in [4.69, 9.17) is 38.9 Å². The van der Waals surface area contributed by atoms with E-state index in [0.717, 1.165) is 6.42 Å². The van der Waals surface area contributed by atoms with Gasteiger partial charge < -0.3 is 44.4 Å². The summed E-state index contributed by atoms with van der Waals surface area (Å²) >= 11 is 0. The van der Waals surface area contributed by atoms with Crippen LogP contribution in [-0.4, -0.2) is 55.4 Å². The first kappa shape index (κ1) is 59.9. The van der Waals surface area contributed by atoms with Crippen LogP contribution in [0.1, 0.15) is 6.42 Å². The molecule has 0 spiro atoms. The summed E-state index contributed by atoms with van der Waals surface area (Å²) < 4.78 is 177. The van der Waals surface area contributed by atoms with Gasteiger partial charge in [-0.15, -0.1) is 0 Å². The molecule has 1 rings (SSSR count). The van der Waals surface area contributed by atoms with E-state index in [-0.39, 0.29) is 50.5 Å². The maximum Gasteiger partial charge on any atom is 0.485 e. The van der Waals surface area contributed by atoms with Crippen LogP contribution in [0.5, 0.6) is 0 Å². The van der Waals surface area contributed by atoms with Crippen molar-refractivity contribution >= 4 is 30.4 Å². The molecule has 36 heavy (non-hydrogen) atoms. The van der Waals surface area contributed by atoms with E-state index in [0.29, 0.717) is 0 Å². The van der Waals surface area contributed by atoms with E-state index >= 15 is 0 Å². The average Bonchev–Trinajstić information content (AvgIpc) is 2.44. The van der Waals surface area contributed by atoms with Crippen molar-refractivity contribution in [2.75, 3.05) is 0 Å². The molecule has 1 aliphatic carbocycles. The van der Waals surface area contributed by atoms with E-state index in [9.17, 15) is 39.5 Å². The van der Waals surface area contributed by atoms with Gasteiger partial charge in [0, 0.05) is 26.2 Å². The van der Waals surface area contributed by atoms with Gasteiger partial charge in [-0.05, 0) is 6.42 Å². The van der Waals surface area contributed by atoms with Crippen LogP contribution in [-0.2, 0) is 50.1 Å². The third-order valence-electron chi connectivity index (χ3n) is 1.62. The van der Waals surface area contributed by atoms with Gasteiger partial charge in [-0.3, -0.25) is 0 Å². The van der Waals surface area contributed by atoms with E-state index < -0.39 is 46.9 Å². The van der Waals surface area contributed by atoms with Crippen LogP contribution in [0.2, 0.25) is 0 Å². The summed E-state index contributed by atoms with van der Waals surface area (Å²) in [4.78, 5) is 0. The normalized spacial score (nSPS) is 12.4. The van der Waals surface area contributed by atoms with Crippen LogP contribution in [0.25, 0.3) is 0 Å². The van der Waals surface area contributed by atoms with Crippen LogP contribution < -0.4 is 30.8 Å². The number of alkyl halides is 9. The van der Waals surface area contributed by atoms with Crippen LogP contribution in [0.3, 0.4) is 0 Å². The van der Waals surface area contributed by atoms with E-state index in [1.807, 2.05) is 6.42 Å². The summed E-state index contributed by atoms with van der Waals surface area (Å²) in [6, 6.07) is 0. The second-order valence-electron chi connectivity index (χ2n) is 3.98. The number of hydrogen-bond donors (Lipinski definition) is 5. The summed E-state index contributed by atoms with van der Waals surface area (Å²) in [5.74, 6) is 0. The third kappa shape index (κ3) is 33.0. The molecular weight excluding hydrogens is 780 g/mol. The number of rotatable bonds is 0. The molecule has 0 aliphatic heterocycles. The molecule has 14 nitrogen and oxygen atoms in total. The summed E-state index contributed by atoms with van der Waals surface area (Å²) in [7, 11) is -18.3. The zero-order valence-corrected chi connectivity index (χ0v) is 22.3. The Hall–Kier alpha value is -0.984. The molecule has 1 radical (unpaired) electrons. The maximum atomic E-state index is 10.7. The summed E-state index contributed by atoms with van der Waals surface area (Å²) in [6.07, 6.45) is 11.5. The number of hydrogen-bond acceptors (Lipinski definition) is 14. The minimum absolute atomic E-state index is 0. The minimum atomic E-state index is -6.09. The van der Waals surface area contributed by atoms with Gasteiger partial charge in [0.05, 0.1) is 0 Å². The van der Waals surface area contributed by atoms with Crippen molar-refractivity contribution in [1.29, 1.82) is 0 Å². The van der Waals surface area contributed by atoms with Gasteiger partial charge in [0.25, 0.3) is 0 Å². The Morgan fingerprint density at radius 1 is 0.500 bits per heavy atom. The van der Waals surface area contributed by atoms with Crippen molar-refractivity contribution in [3.8, 4) is 0 Å². The quantitative estimate of drug-likeness (QED) is 0.134. The summed E-state index contributed by atoms with van der Waals surface area (Å²) in [5.41, 5.74) is -16.9. The Labute approximate surface area is 213 Å². The van der Waals surface area contributed by atoms with Crippen molar-refractivity contribution < 1.29 is 98.2 Å². The second-order valence-corrected chi connectivity index (χ2v) is 8.10. The Morgan fingerprint density at radius 3 is 0.667 bits per heavy atom. The first-order valence-electron chi connectivity index (χ1n) is 5.96. The fourth-order valence-electron chi connectivity index (χ4n) is 0.457. The van der Waals surface area contributed by atoms with Crippen molar-refractivity contribution in [1.82, 2.24) is 30.8 Å². The molecule has 0 heterocycles. The Balaban J connectivity index is -0.0000000366. The molecule has 15 N–H and O–H groups in total. The zero-order chi connectivity index (χ0) is 25.2. The second kappa shape index (κ2) is 22.0. The van der Waals surface area contributed by atoms with Gasteiger partial charge in [0.2, 0.25) is 0 Å². The summed E-state index contributed by atoms with van der Waals surface area (Å²) in [6.45, 7) is 0. The van der Waals surface area contributed by atoms with E-state index in [2.05, 4.69) is 24.3 Å². The molecule has 0 saturated carbocycles. The SMILES string of the molecule is N.N.N.N.N.O=S(=O)([O-])C(F)(F)F.O=S(=O)([O-])C(F)(F)F.O=S(=O)([O-])C(F)(F)F.[CH]1C=CCC=C1.[Os]. The van der Waals surface area contributed by atoms with E-state index in [1.165, 1.54) is 0 Å². The van der Waals surface area contributed by atoms with Gasteiger partial charge in [0.15, 0.2) is 30.4 Å². The molecule has 229 valence electrons. The van der Waals surface area contributed by atoms with Crippen molar-refractivity contribution in [3.05, 3.63) is 30.7 Å². The van der Waals surface area contributed by atoms with Crippen LogP contribution in [0.4, 0.5) is 39.5 Å². The molecule has 0 fully saturated rings. The Kier molecular flexibility index (Phi) is 36.7. The van der Waals surface area contributed by atoms with Crippen molar-refractivity contribution in [2.24, 2.45) is 0 Å². The molecular formula is C9H22F9N5O9OsS3-3. The molecule has 1 aliphatic rings. The van der Waals surface area contributed by atoms with Gasteiger partial charge >= 0.3 is 16.5 Å². The molecule has 0 aromatic rings. The van der Waals surface area contributed by atoms with Crippen LogP contribution >= 0.6 is 0 Å². The molecule has 0 bridgehead atoms. The van der Waals surface area contributed by atoms with E-state index in [1.54, 1.807) is 0 Å². The summed E-state index contributed by atoms with van der Waals surface area (Å²) in [5, 5.41) is 0. The minimum Gasteiger partial charge on any atom is -0.741 e. The Morgan fingerprint density at radius 2 is 0.639 bits per heavy atom. The topological polar surface area (TPSA) is 347 Å². The largest absolute Gasteiger partial charge is 0.741 e. The smallest absolute Gasteiger partial charge is 0.485 e. The predicted molar refractivity (Wildman–Crippen MR) is 99.6 cm³/mol. The Bertz CT molecular complexity index is 784. The van der Waals surface area contributed by atoms with Crippen LogP contribution in [0, 0.1) is 6.42 Å². The van der Waals surface area contributed by atoms with Gasteiger partial charge in [-0.1, -0.05) is 24.3 Å². The van der Waals surface area contributed by atoms with Crippen molar-refractivity contribution in [2.45, 2.75) is 22.9 Å². The predicted octanol–water partition coefficient (Wildman–Crippen LogP) is 2.67. The fourth-order valence-corrected chi connectivity index (χ4v) is 0.457.